The monoisotopic (exact) mass is 200 g/mol. The average molecular weight is 200 g/mol. The van der Waals surface area contributed by atoms with Crippen molar-refractivity contribution in [3.8, 4) is 0 Å². The first kappa shape index (κ1) is 8.53. The SMILES string of the molecule is C1=CCC(Nc2nccc3occc23)C1. The molecule has 0 saturated carbocycles. The fourth-order valence-electron chi connectivity index (χ4n) is 1.94. The summed E-state index contributed by atoms with van der Waals surface area (Å²) >= 11 is 0. The first-order chi connectivity index (χ1) is 7.43. The quantitative estimate of drug-likeness (QED) is 0.757. The molecule has 0 unspecified atom stereocenters. The number of hydrogen-bond acceptors (Lipinski definition) is 3. The summed E-state index contributed by atoms with van der Waals surface area (Å²) in [6, 6.07) is 4.32. The van der Waals surface area contributed by atoms with Gasteiger partial charge in [-0.1, -0.05) is 12.2 Å². The summed E-state index contributed by atoms with van der Waals surface area (Å²) in [4.78, 5) is 4.34. The van der Waals surface area contributed by atoms with E-state index in [1.54, 1.807) is 12.5 Å². The van der Waals surface area contributed by atoms with E-state index in [0.29, 0.717) is 6.04 Å². The second-order valence-corrected chi connectivity index (χ2v) is 3.78. The fraction of sp³-hybridized carbons (Fsp3) is 0.250. The predicted molar refractivity (Wildman–Crippen MR) is 59.8 cm³/mol. The molecule has 2 heterocycles. The van der Waals surface area contributed by atoms with E-state index in [0.717, 1.165) is 29.6 Å². The summed E-state index contributed by atoms with van der Waals surface area (Å²) in [7, 11) is 0. The van der Waals surface area contributed by atoms with Crippen LogP contribution in [0.25, 0.3) is 11.0 Å². The average Bonchev–Trinajstić information content (AvgIpc) is 2.87. The van der Waals surface area contributed by atoms with Crippen LogP contribution in [0.15, 0.2) is 41.2 Å². The second kappa shape index (κ2) is 3.42. The van der Waals surface area contributed by atoms with Gasteiger partial charge in [0.05, 0.1) is 11.6 Å². The van der Waals surface area contributed by atoms with Gasteiger partial charge < -0.3 is 9.73 Å². The molecule has 0 amide bonds. The molecule has 1 aliphatic rings. The Labute approximate surface area is 87.8 Å². The Kier molecular flexibility index (Phi) is 1.95. The van der Waals surface area contributed by atoms with Gasteiger partial charge in [0.25, 0.3) is 0 Å². The molecule has 1 aliphatic carbocycles. The second-order valence-electron chi connectivity index (χ2n) is 3.78. The minimum absolute atomic E-state index is 0.484. The maximum Gasteiger partial charge on any atom is 0.139 e. The van der Waals surface area contributed by atoms with Crippen LogP contribution in [0.2, 0.25) is 0 Å². The minimum atomic E-state index is 0.484. The van der Waals surface area contributed by atoms with Gasteiger partial charge in [-0.05, 0) is 25.0 Å². The van der Waals surface area contributed by atoms with Gasteiger partial charge in [-0.3, -0.25) is 0 Å². The van der Waals surface area contributed by atoms with Crippen molar-refractivity contribution in [2.75, 3.05) is 5.32 Å². The Bertz CT molecular complexity index is 493. The highest BCUT2D eigenvalue weighted by Gasteiger charge is 2.12. The Hall–Kier alpha value is -1.77. The van der Waals surface area contributed by atoms with Crippen LogP contribution in [0.3, 0.4) is 0 Å². The summed E-state index contributed by atoms with van der Waals surface area (Å²) in [5, 5.41) is 4.50. The van der Waals surface area contributed by atoms with Gasteiger partial charge in [-0.15, -0.1) is 0 Å². The van der Waals surface area contributed by atoms with E-state index >= 15 is 0 Å². The molecule has 0 fully saturated rings. The predicted octanol–water partition coefficient (Wildman–Crippen LogP) is 2.96. The molecule has 0 saturated heterocycles. The van der Waals surface area contributed by atoms with Crippen molar-refractivity contribution in [1.82, 2.24) is 4.98 Å². The zero-order chi connectivity index (χ0) is 10.1. The van der Waals surface area contributed by atoms with Gasteiger partial charge in [0.1, 0.15) is 11.4 Å². The van der Waals surface area contributed by atoms with Crippen molar-refractivity contribution in [2.24, 2.45) is 0 Å². The molecule has 15 heavy (non-hydrogen) atoms. The van der Waals surface area contributed by atoms with E-state index in [9.17, 15) is 0 Å². The van der Waals surface area contributed by atoms with E-state index in [1.807, 2.05) is 12.1 Å². The number of anilines is 1. The maximum absolute atomic E-state index is 5.33. The van der Waals surface area contributed by atoms with Gasteiger partial charge >= 0.3 is 0 Å². The van der Waals surface area contributed by atoms with Crippen molar-refractivity contribution < 1.29 is 4.42 Å². The first-order valence-electron chi connectivity index (χ1n) is 5.17. The molecule has 0 bridgehead atoms. The standard InChI is InChI=1S/C12H12N2O/c1-2-4-9(3-1)14-12-10-6-8-15-11(10)5-7-13-12/h1-2,5-9H,3-4H2,(H,13,14). The zero-order valence-electron chi connectivity index (χ0n) is 8.31. The number of furan rings is 1. The number of pyridine rings is 1. The Morgan fingerprint density at radius 1 is 1.27 bits per heavy atom. The van der Waals surface area contributed by atoms with E-state index in [4.69, 9.17) is 4.42 Å². The summed E-state index contributed by atoms with van der Waals surface area (Å²) in [6.07, 6.45) is 10.0. The van der Waals surface area contributed by atoms with Crippen molar-refractivity contribution >= 4 is 16.8 Å². The lowest BCUT2D eigenvalue weighted by molar-refractivity contribution is 0.615. The molecule has 3 rings (SSSR count). The van der Waals surface area contributed by atoms with E-state index in [1.165, 1.54) is 0 Å². The molecule has 3 nitrogen and oxygen atoms in total. The molecule has 0 radical (unpaired) electrons. The van der Waals surface area contributed by atoms with Crippen molar-refractivity contribution in [3.05, 3.63) is 36.7 Å². The van der Waals surface area contributed by atoms with Gasteiger partial charge in [0.15, 0.2) is 0 Å². The first-order valence-corrected chi connectivity index (χ1v) is 5.17. The number of aromatic nitrogens is 1. The van der Waals surface area contributed by atoms with Crippen molar-refractivity contribution in [2.45, 2.75) is 18.9 Å². The van der Waals surface area contributed by atoms with Crippen LogP contribution in [0.5, 0.6) is 0 Å². The third kappa shape index (κ3) is 1.50. The summed E-state index contributed by atoms with van der Waals surface area (Å²) in [5.41, 5.74) is 0.887. The summed E-state index contributed by atoms with van der Waals surface area (Å²) in [5.74, 6) is 0.926. The highest BCUT2D eigenvalue weighted by Crippen LogP contribution is 2.24. The van der Waals surface area contributed by atoms with E-state index in [-0.39, 0.29) is 0 Å². The lowest BCUT2D eigenvalue weighted by Crippen LogP contribution is -2.15. The molecule has 1 N–H and O–H groups in total. The number of fused-ring (bicyclic) bond motifs is 1. The molecule has 2 aromatic heterocycles. The number of nitrogens with zero attached hydrogens (tertiary/aromatic N) is 1. The van der Waals surface area contributed by atoms with Crippen LogP contribution in [0.1, 0.15) is 12.8 Å². The normalized spacial score (nSPS) is 16.3. The third-order valence-corrected chi connectivity index (χ3v) is 2.73. The van der Waals surface area contributed by atoms with Crippen LogP contribution in [-0.2, 0) is 0 Å². The fourth-order valence-corrected chi connectivity index (χ4v) is 1.94. The molecule has 2 aromatic rings. The minimum Gasteiger partial charge on any atom is -0.464 e. The Morgan fingerprint density at radius 3 is 3.00 bits per heavy atom. The topological polar surface area (TPSA) is 38.1 Å². The molecule has 3 heteroatoms. The molecule has 0 atom stereocenters. The van der Waals surface area contributed by atoms with Crippen LogP contribution in [0, 0.1) is 0 Å². The molecular weight excluding hydrogens is 188 g/mol. The van der Waals surface area contributed by atoms with Gasteiger partial charge in [-0.25, -0.2) is 4.98 Å². The van der Waals surface area contributed by atoms with E-state index in [2.05, 4.69) is 22.5 Å². The van der Waals surface area contributed by atoms with Crippen LogP contribution < -0.4 is 5.32 Å². The maximum atomic E-state index is 5.33. The zero-order valence-corrected chi connectivity index (χ0v) is 8.31. The van der Waals surface area contributed by atoms with Crippen LogP contribution >= 0.6 is 0 Å². The molecule has 0 aliphatic heterocycles. The number of nitrogens with one attached hydrogen (secondary N) is 1. The van der Waals surface area contributed by atoms with E-state index < -0.39 is 0 Å². The highest BCUT2D eigenvalue weighted by atomic mass is 16.3. The van der Waals surface area contributed by atoms with Gasteiger partial charge in [-0.2, -0.15) is 0 Å². The highest BCUT2D eigenvalue weighted by molar-refractivity contribution is 5.87. The van der Waals surface area contributed by atoms with Crippen LogP contribution in [-0.4, -0.2) is 11.0 Å². The molecule has 0 aromatic carbocycles. The molecule has 0 spiro atoms. The van der Waals surface area contributed by atoms with Crippen molar-refractivity contribution in [3.63, 3.8) is 0 Å². The summed E-state index contributed by atoms with van der Waals surface area (Å²) in [6.45, 7) is 0. The molecule has 76 valence electrons. The van der Waals surface area contributed by atoms with Crippen LogP contribution in [0.4, 0.5) is 5.82 Å². The number of rotatable bonds is 2. The van der Waals surface area contributed by atoms with Crippen molar-refractivity contribution in [1.29, 1.82) is 0 Å². The third-order valence-electron chi connectivity index (χ3n) is 2.73. The Morgan fingerprint density at radius 2 is 2.13 bits per heavy atom. The van der Waals surface area contributed by atoms with Gasteiger partial charge in [0.2, 0.25) is 0 Å². The smallest absolute Gasteiger partial charge is 0.139 e. The number of hydrogen-bond donors (Lipinski definition) is 1. The molecular formula is C12H12N2O. The lowest BCUT2D eigenvalue weighted by atomic mass is 10.2. The summed E-state index contributed by atoms with van der Waals surface area (Å²) < 4.78 is 5.33. The van der Waals surface area contributed by atoms with Gasteiger partial charge in [0, 0.05) is 12.2 Å². The lowest BCUT2D eigenvalue weighted by Gasteiger charge is -2.12. The largest absolute Gasteiger partial charge is 0.464 e. The Balaban J connectivity index is 1.92.